The Labute approximate surface area is 97.3 Å². The van der Waals surface area contributed by atoms with Gasteiger partial charge in [0.1, 0.15) is 12.4 Å². The van der Waals surface area contributed by atoms with Crippen LogP contribution in [0.2, 0.25) is 0 Å². The van der Waals surface area contributed by atoms with Gasteiger partial charge in [-0.25, -0.2) is 4.98 Å². The number of nitro groups is 1. The Bertz CT molecular complexity index is 519. The first kappa shape index (κ1) is 11.3. The minimum absolute atomic E-state index is 0.0711. The molecule has 0 unspecified atom stereocenters. The summed E-state index contributed by atoms with van der Waals surface area (Å²) in [5.41, 5.74) is 0.991. The summed E-state index contributed by atoms with van der Waals surface area (Å²) >= 11 is 0. The van der Waals surface area contributed by atoms with Gasteiger partial charge in [0, 0.05) is 31.1 Å². The van der Waals surface area contributed by atoms with E-state index in [0.717, 1.165) is 5.56 Å². The molecule has 0 bridgehead atoms. The minimum atomic E-state index is -0.430. The van der Waals surface area contributed by atoms with Gasteiger partial charge < -0.3 is 9.67 Å². The van der Waals surface area contributed by atoms with E-state index in [0.29, 0.717) is 12.4 Å². The lowest BCUT2D eigenvalue weighted by atomic mass is 10.2. The highest BCUT2D eigenvalue weighted by atomic mass is 16.6. The largest absolute Gasteiger partial charge is 0.388 e. The van der Waals surface area contributed by atoms with Gasteiger partial charge in [0.25, 0.3) is 5.69 Å². The normalized spacial score (nSPS) is 10.4. The SMILES string of the molecule is O=[N+]([O-])c1ccc(Cn2ccnc2CO)cc1. The van der Waals surface area contributed by atoms with Crippen LogP contribution >= 0.6 is 0 Å². The van der Waals surface area contributed by atoms with Crippen molar-refractivity contribution in [1.29, 1.82) is 0 Å². The molecule has 17 heavy (non-hydrogen) atoms. The molecule has 1 heterocycles. The molecule has 0 saturated carbocycles. The minimum Gasteiger partial charge on any atom is -0.388 e. The molecule has 1 aromatic carbocycles. The van der Waals surface area contributed by atoms with Crippen LogP contribution in [0, 0.1) is 10.1 Å². The number of aliphatic hydroxyl groups is 1. The van der Waals surface area contributed by atoms with Gasteiger partial charge in [-0.05, 0) is 5.56 Å². The van der Waals surface area contributed by atoms with Crippen molar-refractivity contribution in [3.63, 3.8) is 0 Å². The highest BCUT2D eigenvalue weighted by molar-refractivity contribution is 5.33. The third-order valence-corrected chi connectivity index (χ3v) is 2.44. The molecule has 0 atom stereocenters. The van der Waals surface area contributed by atoms with E-state index < -0.39 is 4.92 Å². The maximum Gasteiger partial charge on any atom is 0.269 e. The Hall–Kier alpha value is -2.21. The standard InChI is InChI=1S/C11H11N3O3/c15-8-11-12-5-6-13(11)7-9-1-3-10(4-2-9)14(16)17/h1-6,15H,7-8H2. The average molecular weight is 233 g/mol. The van der Waals surface area contributed by atoms with E-state index in [4.69, 9.17) is 5.11 Å². The summed E-state index contributed by atoms with van der Waals surface area (Å²) in [6, 6.07) is 6.31. The first-order valence-electron chi connectivity index (χ1n) is 5.05. The lowest BCUT2D eigenvalue weighted by molar-refractivity contribution is -0.384. The lowest BCUT2D eigenvalue weighted by Crippen LogP contribution is -2.04. The fourth-order valence-corrected chi connectivity index (χ4v) is 1.56. The molecule has 2 aromatic rings. The van der Waals surface area contributed by atoms with Crippen LogP contribution in [0.25, 0.3) is 0 Å². The molecule has 1 N–H and O–H groups in total. The van der Waals surface area contributed by atoms with Gasteiger partial charge in [0.15, 0.2) is 0 Å². The zero-order valence-electron chi connectivity index (χ0n) is 8.98. The third kappa shape index (κ3) is 2.48. The number of aromatic nitrogens is 2. The average Bonchev–Trinajstić information content (AvgIpc) is 2.77. The van der Waals surface area contributed by atoms with Crippen molar-refractivity contribution in [2.75, 3.05) is 0 Å². The Kier molecular flexibility index (Phi) is 3.15. The highest BCUT2D eigenvalue weighted by Crippen LogP contribution is 2.13. The summed E-state index contributed by atoms with van der Waals surface area (Å²) in [4.78, 5) is 14.0. The third-order valence-electron chi connectivity index (χ3n) is 2.44. The Balaban J connectivity index is 2.16. The molecule has 0 fully saturated rings. The van der Waals surface area contributed by atoms with Crippen LogP contribution < -0.4 is 0 Å². The molecule has 0 aliphatic carbocycles. The highest BCUT2D eigenvalue weighted by Gasteiger charge is 2.05. The summed E-state index contributed by atoms with van der Waals surface area (Å²) in [5, 5.41) is 19.5. The molecule has 1 aromatic heterocycles. The topological polar surface area (TPSA) is 81.2 Å². The number of nitrogens with zero attached hydrogens (tertiary/aromatic N) is 3. The van der Waals surface area contributed by atoms with Gasteiger partial charge in [0.05, 0.1) is 4.92 Å². The number of hydrogen-bond donors (Lipinski definition) is 1. The second-order valence-corrected chi connectivity index (χ2v) is 3.55. The summed E-state index contributed by atoms with van der Waals surface area (Å²) in [7, 11) is 0. The maximum absolute atomic E-state index is 10.5. The van der Waals surface area contributed by atoms with Gasteiger partial charge >= 0.3 is 0 Å². The molecule has 0 amide bonds. The van der Waals surface area contributed by atoms with E-state index in [-0.39, 0.29) is 12.3 Å². The van der Waals surface area contributed by atoms with Crippen LogP contribution in [0.4, 0.5) is 5.69 Å². The first-order valence-corrected chi connectivity index (χ1v) is 5.05. The van der Waals surface area contributed by atoms with E-state index in [2.05, 4.69) is 4.98 Å². The molecule has 6 heteroatoms. The zero-order valence-corrected chi connectivity index (χ0v) is 8.98. The van der Waals surface area contributed by atoms with Gasteiger partial charge in [0.2, 0.25) is 0 Å². The number of aliphatic hydroxyl groups excluding tert-OH is 1. The number of benzene rings is 1. The zero-order chi connectivity index (χ0) is 12.3. The molecule has 6 nitrogen and oxygen atoms in total. The maximum atomic E-state index is 10.5. The smallest absolute Gasteiger partial charge is 0.269 e. The van der Waals surface area contributed by atoms with E-state index >= 15 is 0 Å². The van der Waals surface area contributed by atoms with Crippen molar-refractivity contribution in [2.45, 2.75) is 13.2 Å². The summed E-state index contributed by atoms with van der Waals surface area (Å²) in [6.45, 7) is 0.411. The Morgan fingerprint density at radius 3 is 2.65 bits per heavy atom. The van der Waals surface area contributed by atoms with Crippen molar-refractivity contribution in [2.24, 2.45) is 0 Å². The van der Waals surface area contributed by atoms with Crippen molar-refractivity contribution in [3.8, 4) is 0 Å². The monoisotopic (exact) mass is 233 g/mol. The van der Waals surface area contributed by atoms with E-state index in [1.807, 2.05) is 0 Å². The van der Waals surface area contributed by atoms with Crippen molar-refractivity contribution in [1.82, 2.24) is 9.55 Å². The van der Waals surface area contributed by atoms with Crippen LogP contribution in [-0.2, 0) is 13.2 Å². The van der Waals surface area contributed by atoms with E-state index in [1.165, 1.54) is 12.1 Å². The van der Waals surface area contributed by atoms with E-state index in [1.54, 1.807) is 29.1 Å². The summed E-state index contributed by atoms with van der Waals surface area (Å²) < 4.78 is 1.79. The molecular formula is C11H11N3O3. The number of imidazole rings is 1. The fraction of sp³-hybridized carbons (Fsp3) is 0.182. The number of rotatable bonds is 4. The summed E-state index contributed by atoms with van der Waals surface area (Å²) in [5.74, 6) is 0.573. The van der Waals surface area contributed by atoms with Gasteiger partial charge in [-0.3, -0.25) is 10.1 Å². The number of nitro benzene ring substituents is 1. The quantitative estimate of drug-likeness (QED) is 0.638. The van der Waals surface area contributed by atoms with Crippen LogP contribution in [0.3, 0.4) is 0 Å². The van der Waals surface area contributed by atoms with E-state index in [9.17, 15) is 10.1 Å². The molecular weight excluding hydrogens is 222 g/mol. The first-order chi connectivity index (χ1) is 8.20. The molecule has 88 valence electrons. The molecule has 0 spiro atoms. The second kappa shape index (κ2) is 4.75. The van der Waals surface area contributed by atoms with Crippen LogP contribution in [0.15, 0.2) is 36.7 Å². The molecule has 0 aliphatic rings. The molecule has 0 radical (unpaired) electrons. The fourth-order valence-electron chi connectivity index (χ4n) is 1.56. The van der Waals surface area contributed by atoms with Crippen molar-refractivity contribution in [3.05, 3.63) is 58.2 Å². The van der Waals surface area contributed by atoms with Crippen LogP contribution in [0.5, 0.6) is 0 Å². The van der Waals surface area contributed by atoms with Crippen molar-refractivity contribution >= 4 is 5.69 Å². The van der Waals surface area contributed by atoms with Gasteiger partial charge in [-0.15, -0.1) is 0 Å². The number of hydrogen-bond acceptors (Lipinski definition) is 4. The predicted octanol–water partition coefficient (Wildman–Crippen LogP) is 1.33. The van der Waals surface area contributed by atoms with Gasteiger partial charge in [-0.2, -0.15) is 0 Å². The molecule has 0 aliphatic heterocycles. The predicted molar refractivity (Wildman–Crippen MR) is 60.3 cm³/mol. The van der Waals surface area contributed by atoms with Crippen molar-refractivity contribution < 1.29 is 10.0 Å². The summed E-state index contributed by atoms with van der Waals surface area (Å²) in [6.07, 6.45) is 3.36. The van der Waals surface area contributed by atoms with Crippen LogP contribution in [-0.4, -0.2) is 19.6 Å². The Morgan fingerprint density at radius 1 is 1.35 bits per heavy atom. The second-order valence-electron chi connectivity index (χ2n) is 3.55. The molecule has 0 saturated heterocycles. The Morgan fingerprint density at radius 2 is 2.06 bits per heavy atom. The molecule has 2 rings (SSSR count). The number of non-ortho nitro benzene ring substituents is 1. The van der Waals surface area contributed by atoms with Crippen LogP contribution in [0.1, 0.15) is 11.4 Å². The van der Waals surface area contributed by atoms with Gasteiger partial charge in [-0.1, -0.05) is 12.1 Å². The lowest BCUT2D eigenvalue weighted by Gasteiger charge is -2.05.